The molecule has 1 atom stereocenters. The van der Waals surface area contributed by atoms with Crippen molar-refractivity contribution >= 4 is 0 Å². The Kier molecular flexibility index (Phi) is 5.20. The van der Waals surface area contributed by atoms with E-state index >= 15 is 0 Å². The Bertz CT molecular complexity index is 76.6. The smallest absolute Gasteiger partial charge is 0.0892 e. The van der Waals surface area contributed by atoms with Crippen LogP contribution in [0.5, 0.6) is 0 Å². The van der Waals surface area contributed by atoms with Crippen molar-refractivity contribution in [2.45, 2.75) is 6.04 Å². The van der Waals surface area contributed by atoms with Crippen LogP contribution >= 0.6 is 0 Å². The van der Waals surface area contributed by atoms with E-state index in [0.717, 1.165) is 0 Å². The first kappa shape index (κ1) is 8.42. The van der Waals surface area contributed by atoms with Gasteiger partial charge in [-0.25, -0.2) is 5.90 Å². The third kappa shape index (κ3) is 3.96. The second-order valence-corrected chi connectivity index (χ2v) is 1.64. The van der Waals surface area contributed by atoms with Crippen molar-refractivity contribution in [2.24, 2.45) is 11.6 Å². The van der Waals surface area contributed by atoms with Gasteiger partial charge in [0, 0.05) is 6.54 Å². The third-order valence-corrected chi connectivity index (χ3v) is 0.935. The summed E-state index contributed by atoms with van der Waals surface area (Å²) in [5.74, 6) is 4.81. The molecule has 0 aromatic carbocycles. The van der Waals surface area contributed by atoms with Crippen molar-refractivity contribution in [2.75, 3.05) is 13.2 Å². The minimum atomic E-state index is 0.0764. The first-order valence-corrected chi connectivity index (χ1v) is 2.73. The van der Waals surface area contributed by atoms with Crippen molar-refractivity contribution < 1.29 is 4.84 Å². The van der Waals surface area contributed by atoms with Crippen molar-refractivity contribution in [1.82, 2.24) is 5.32 Å². The Morgan fingerprint density at radius 2 is 2.44 bits per heavy atom. The maximum absolute atomic E-state index is 5.30. The number of hydrogen-bond acceptors (Lipinski definition) is 4. The standard InChI is InChI=1S/C5H13N3O/c1-2-8-5(3-6)4-9-7/h2,5,8H,1,3-4,6-7H2/t5-/m1/s1. The van der Waals surface area contributed by atoms with Gasteiger partial charge in [0.15, 0.2) is 0 Å². The summed E-state index contributed by atoms with van der Waals surface area (Å²) in [6.45, 7) is 4.36. The number of hydrogen-bond donors (Lipinski definition) is 3. The Balaban J connectivity index is 3.28. The van der Waals surface area contributed by atoms with Crippen LogP contribution in [0.15, 0.2) is 12.8 Å². The first-order chi connectivity index (χ1) is 4.35. The molecule has 0 heterocycles. The average molecular weight is 131 g/mol. The van der Waals surface area contributed by atoms with Crippen molar-refractivity contribution in [3.8, 4) is 0 Å². The predicted molar refractivity (Wildman–Crippen MR) is 36.3 cm³/mol. The van der Waals surface area contributed by atoms with E-state index in [9.17, 15) is 0 Å². The number of nitrogens with one attached hydrogen (secondary N) is 1. The topological polar surface area (TPSA) is 73.3 Å². The van der Waals surface area contributed by atoms with Gasteiger partial charge in [0.2, 0.25) is 0 Å². The third-order valence-electron chi connectivity index (χ3n) is 0.935. The summed E-state index contributed by atoms with van der Waals surface area (Å²) in [7, 11) is 0. The van der Waals surface area contributed by atoms with E-state index in [1.165, 1.54) is 0 Å². The molecule has 0 radical (unpaired) electrons. The summed E-state index contributed by atoms with van der Waals surface area (Å²) in [4.78, 5) is 4.36. The Labute approximate surface area is 54.8 Å². The molecule has 0 spiro atoms. The fourth-order valence-corrected chi connectivity index (χ4v) is 0.467. The largest absolute Gasteiger partial charge is 0.385 e. The Morgan fingerprint density at radius 3 is 2.78 bits per heavy atom. The highest BCUT2D eigenvalue weighted by atomic mass is 16.6. The summed E-state index contributed by atoms with van der Waals surface area (Å²) in [5, 5.41) is 2.87. The molecule has 5 N–H and O–H groups in total. The molecule has 0 saturated heterocycles. The van der Waals surface area contributed by atoms with Gasteiger partial charge in [-0.15, -0.1) is 0 Å². The summed E-state index contributed by atoms with van der Waals surface area (Å²) in [6, 6.07) is 0.0764. The maximum Gasteiger partial charge on any atom is 0.0892 e. The molecule has 9 heavy (non-hydrogen) atoms. The molecule has 0 aromatic rings. The van der Waals surface area contributed by atoms with Crippen molar-refractivity contribution in [1.29, 1.82) is 0 Å². The van der Waals surface area contributed by atoms with Gasteiger partial charge in [0.25, 0.3) is 0 Å². The molecule has 0 aliphatic rings. The molecule has 0 fully saturated rings. The highest BCUT2D eigenvalue weighted by Crippen LogP contribution is 1.77. The van der Waals surface area contributed by atoms with Crippen LogP contribution in [0.4, 0.5) is 0 Å². The Morgan fingerprint density at radius 1 is 1.78 bits per heavy atom. The fraction of sp³-hybridized carbons (Fsp3) is 0.600. The zero-order valence-corrected chi connectivity index (χ0v) is 5.34. The molecule has 0 saturated carbocycles. The maximum atomic E-state index is 5.30. The molecule has 0 bridgehead atoms. The highest BCUT2D eigenvalue weighted by molar-refractivity contribution is 4.73. The van der Waals surface area contributed by atoms with Gasteiger partial charge in [0.05, 0.1) is 12.6 Å². The van der Waals surface area contributed by atoms with Crippen LogP contribution in [0.3, 0.4) is 0 Å². The summed E-state index contributed by atoms with van der Waals surface area (Å²) in [5.41, 5.74) is 5.30. The van der Waals surface area contributed by atoms with Crippen LogP contribution in [-0.4, -0.2) is 19.2 Å². The van der Waals surface area contributed by atoms with E-state index in [1.807, 2.05) is 0 Å². The lowest BCUT2D eigenvalue weighted by atomic mass is 10.3. The molecule has 4 heteroatoms. The average Bonchev–Trinajstić information content (AvgIpc) is 1.88. The molecule has 0 unspecified atom stereocenters. The minimum Gasteiger partial charge on any atom is -0.385 e. The molecule has 0 rings (SSSR count). The molecule has 0 amide bonds. The monoisotopic (exact) mass is 131 g/mol. The molecular formula is C5H13N3O. The quantitative estimate of drug-likeness (QED) is 0.416. The van der Waals surface area contributed by atoms with Crippen molar-refractivity contribution in [3.63, 3.8) is 0 Å². The van der Waals surface area contributed by atoms with E-state index in [0.29, 0.717) is 13.2 Å². The molecule has 54 valence electrons. The van der Waals surface area contributed by atoms with E-state index < -0.39 is 0 Å². The lowest BCUT2D eigenvalue weighted by Gasteiger charge is -2.11. The zero-order chi connectivity index (χ0) is 7.11. The van der Waals surface area contributed by atoms with Gasteiger partial charge in [0.1, 0.15) is 0 Å². The summed E-state index contributed by atoms with van der Waals surface area (Å²) in [6.07, 6.45) is 1.57. The van der Waals surface area contributed by atoms with Gasteiger partial charge in [-0.3, -0.25) is 0 Å². The van der Waals surface area contributed by atoms with Gasteiger partial charge in [-0.2, -0.15) is 0 Å². The zero-order valence-electron chi connectivity index (χ0n) is 5.34. The first-order valence-electron chi connectivity index (χ1n) is 2.73. The highest BCUT2D eigenvalue weighted by Gasteiger charge is 2.00. The predicted octanol–water partition coefficient (Wildman–Crippen LogP) is -1.06. The van der Waals surface area contributed by atoms with Gasteiger partial charge in [-0.05, 0) is 6.20 Å². The van der Waals surface area contributed by atoms with Gasteiger partial charge >= 0.3 is 0 Å². The molecular weight excluding hydrogens is 118 g/mol. The van der Waals surface area contributed by atoms with E-state index in [-0.39, 0.29) is 6.04 Å². The van der Waals surface area contributed by atoms with E-state index in [2.05, 4.69) is 16.7 Å². The van der Waals surface area contributed by atoms with Crippen molar-refractivity contribution in [3.05, 3.63) is 12.8 Å². The summed E-state index contributed by atoms with van der Waals surface area (Å²) < 4.78 is 0. The van der Waals surface area contributed by atoms with Crippen LogP contribution in [0.2, 0.25) is 0 Å². The van der Waals surface area contributed by atoms with Gasteiger partial charge < -0.3 is 15.9 Å². The normalized spacial score (nSPS) is 12.7. The SMILES string of the molecule is C=CN[C@H](CN)CON. The molecule has 0 aliphatic carbocycles. The van der Waals surface area contributed by atoms with E-state index in [1.54, 1.807) is 6.20 Å². The lowest BCUT2D eigenvalue weighted by Crippen LogP contribution is -2.37. The second kappa shape index (κ2) is 5.55. The lowest BCUT2D eigenvalue weighted by molar-refractivity contribution is 0.119. The van der Waals surface area contributed by atoms with Crippen LogP contribution in [0, 0.1) is 0 Å². The molecule has 0 aromatic heterocycles. The fourth-order valence-electron chi connectivity index (χ4n) is 0.467. The van der Waals surface area contributed by atoms with Crippen LogP contribution in [0.1, 0.15) is 0 Å². The van der Waals surface area contributed by atoms with Crippen LogP contribution < -0.4 is 16.9 Å². The van der Waals surface area contributed by atoms with Crippen LogP contribution in [-0.2, 0) is 4.84 Å². The van der Waals surface area contributed by atoms with Crippen LogP contribution in [0.25, 0.3) is 0 Å². The molecule has 4 nitrogen and oxygen atoms in total. The minimum absolute atomic E-state index is 0.0764. The van der Waals surface area contributed by atoms with E-state index in [4.69, 9.17) is 11.6 Å². The second-order valence-electron chi connectivity index (χ2n) is 1.64. The Hall–Kier alpha value is -0.580. The number of nitrogens with two attached hydrogens (primary N) is 2. The number of rotatable bonds is 5. The summed E-state index contributed by atoms with van der Waals surface area (Å²) >= 11 is 0. The molecule has 0 aliphatic heterocycles. The van der Waals surface area contributed by atoms with Gasteiger partial charge in [-0.1, -0.05) is 6.58 Å².